The van der Waals surface area contributed by atoms with Gasteiger partial charge < -0.3 is 4.42 Å². The Morgan fingerprint density at radius 1 is 0.957 bits per heavy atom. The van der Waals surface area contributed by atoms with Crippen molar-refractivity contribution in [3.05, 3.63) is 75.7 Å². The van der Waals surface area contributed by atoms with Gasteiger partial charge in [-0.15, -0.1) is 0 Å². The number of benzene rings is 2. The molecule has 0 N–H and O–H groups in total. The largest absolute Gasteiger partial charge is 0.435 e. The third-order valence-electron chi connectivity index (χ3n) is 3.81. The lowest BCUT2D eigenvalue weighted by molar-refractivity contribution is 0.110. The summed E-state index contributed by atoms with van der Waals surface area (Å²) in [4.78, 5) is 24.1. The summed E-state index contributed by atoms with van der Waals surface area (Å²) in [5.41, 5.74) is 0.699. The summed E-state index contributed by atoms with van der Waals surface area (Å²) in [6.07, 6.45) is 0.552. The Morgan fingerprint density at radius 3 is 2.30 bits per heavy atom. The summed E-state index contributed by atoms with van der Waals surface area (Å²) in [7, 11) is 0. The van der Waals surface area contributed by atoms with Crippen LogP contribution in [0.3, 0.4) is 0 Å². The van der Waals surface area contributed by atoms with Crippen LogP contribution in [0.4, 0.5) is 0 Å². The summed E-state index contributed by atoms with van der Waals surface area (Å²) < 4.78 is 7.03. The lowest BCUT2D eigenvalue weighted by Gasteiger charge is -2.09. The number of pyridine rings is 1. The van der Waals surface area contributed by atoms with E-state index in [0.29, 0.717) is 28.1 Å². The number of para-hydroxylation sites is 1. The Kier molecular flexibility index (Phi) is 3.06. The third-order valence-corrected chi connectivity index (χ3v) is 4.19. The van der Waals surface area contributed by atoms with Crippen LogP contribution >= 0.6 is 11.6 Å². The van der Waals surface area contributed by atoms with E-state index in [1.165, 1.54) is 4.57 Å². The smallest absolute Gasteiger partial charge is 0.265 e. The molecule has 0 aliphatic carbocycles. The van der Waals surface area contributed by atoms with Crippen molar-refractivity contribution in [3.8, 4) is 5.69 Å². The lowest BCUT2D eigenvalue weighted by Crippen LogP contribution is -2.18. The lowest BCUT2D eigenvalue weighted by atomic mass is 10.1. The molecule has 0 aliphatic rings. The van der Waals surface area contributed by atoms with Gasteiger partial charge in [0.1, 0.15) is 0 Å². The molecule has 5 heteroatoms. The van der Waals surface area contributed by atoms with Gasteiger partial charge in [0.25, 0.3) is 5.56 Å². The molecule has 4 rings (SSSR count). The van der Waals surface area contributed by atoms with Crippen molar-refractivity contribution < 1.29 is 9.21 Å². The quantitative estimate of drug-likeness (QED) is 0.519. The number of aldehydes is 1. The van der Waals surface area contributed by atoms with E-state index in [0.717, 1.165) is 0 Å². The second-order valence-corrected chi connectivity index (χ2v) is 5.48. The number of fused-ring (bicyclic) bond motifs is 3. The molecule has 0 fully saturated rings. The topological polar surface area (TPSA) is 52.2 Å². The average molecular weight is 324 g/mol. The first-order valence-corrected chi connectivity index (χ1v) is 7.36. The summed E-state index contributed by atoms with van der Waals surface area (Å²) in [5.74, 6) is 0.0158. The first-order chi connectivity index (χ1) is 11.2. The zero-order valence-corrected chi connectivity index (χ0v) is 12.6. The maximum absolute atomic E-state index is 12.9. The van der Waals surface area contributed by atoms with Crippen LogP contribution in [0.25, 0.3) is 27.6 Å². The predicted molar refractivity (Wildman–Crippen MR) is 89.7 cm³/mol. The fourth-order valence-electron chi connectivity index (χ4n) is 2.80. The molecule has 4 nitrogen and oxygen atoms in total. The van der Waals surface area contributed by atoms with Crippen LogP contribution in [0.5, 0.6) is 0 Å². The number of rotatable bonds is 2. The molecule has 2 heterocycles. The van der Waals surface area contributed by atoms with E-state index in [-0.39, 0.29) is 22.1 Å². The molecule has 112 valence electrons. The summed E-state index contributed by atoms with van der Waals surface area (Å²) in [6.45, 7) is 0. The fraction of sp³-hybridized carbons (Fsp3) is 0. The Bertz CT molecular complexity index is 1110. The molecule has 0 spiro atoms. The molecule has 4 aromatic rings. The predicted octanol–water partition coefficient (Wildman–Crippen LogP) is 4.20. The van der Waals surface area contributed by atoms with Crippen LogP contribution in [0, 0.1) is 0 Å². The molecule has 23 heavy (non-hydrogen) atoms. The second-order valence-electron chi connectivity index (χ2n) is 5.10. The van der Waals surface area contributed by atoms with Gasteiger partial charge in [-0.25, -0.2) is 4.57 Å². The number of furan rings is 1. The van der Waals surface area contributed by atoms with E-state index in [4.69, 9.17) is 16.0 Å². The highest BCUT2D eigenvalue weighted by Gasteiger charge is 2.21. The minimum absolute atomic E-state index is 0.0158. The van der Waals surface area contributed by atoms with Gasteiger partial charge in [0, 0.05) is 10.8 Å². The van der Waals surface area contributed by atoms with Crippen LogP contribution in [0.2, 0.25) is 5.02 Å². The summed E-state index contributed by atoms with van der Waals surface area (Å²) in [5, 5.41) is 1.97. The number of halogens is 1. The minimum Gasteiger partial charge on any atom is -0.435 e. The Morgan fingerprint density at radius 2 is 1.61 bits per heavy atom. The summed E-state index contributed by atoms with van der Waals surface area (Å²) >= 11 is 6.31. The zero-order valence-electron chi connectivity index (χ0n) is 11.8. The molecule has 0 bridgehead atoms. The van der Waals surface area contributed by atoms with Gasteiger partial charge in [-0.3, -0.25) is 9.59 Å². The molecule has 0 amide bonds. The molecular weight excluding hydrogens is 314 g/mol. The Labute approximate surface area is 135 Å². The number of nitrogens with zero attached hydrogens (tertiary/aromatic N) is 1. The van der Waals surface area contributed by atoms with E-state index < -0.39 is 0 Å². The SMILES string of the molecule is O=Cc1oc2c(c1Cl)c1ccccc1c(=O)n2-c1ccccc1. The Hall–Kier alpha value is -2.85. The van der Waals surface area contributed by atoms with E-state index in [1.54, 1.807) is 30.3 Å². The maximum atomic E-state index is 12.9. The monoisotopic (exact) mass is 323 g/mol. The van der Waals surface area contributed by atoms with Crippen molar-refractivity contribution in [2.75, 3.05) is 0 Å². The van der Waals surface area contributed by atoms with Gasteiger partial charge in [-0.2, -0.15) is 0 Å². The van der Waals surface area contributed by atoms with Gasteiger partial charge in [0.2, 0.25) is 5.71 Å². The number of aromatic nitrogens is 1. The fourth-order valence-corrected chi connectivity index (χ4v) is 3.06. The van der Waals surface area contributed by atoms with Gasteiger partial charge in [0.05, 0.1) is 16.1 Å². The molecule has 2 aromatic heterocycles. The molecule has 0 atom stereocenters. The van der Waals surface area contributed by atoms with Crippen LogP contribution in [0.15, 0.2) is 63.8 Å². The first-order valence-electron chi connectivity index (χ1n) is 6.98. The van der Waals surface area contributed by atoms with Crippen molar-refractivity contribution in [1.82, 2.24) is 4.57 Å². The first kappa shape index (κ1) is 13.8. The summed E-state index contributed by atoms with van der Waals surface area (Å²) in [6, 6.07) is 16.3. The molecule has 2 aromatic carbocycles. The van der Waals surface area contributed by atoms with Gasteiger partial charge in [-0.05, 0) is 18.2 Å². The maximum Gasteiger partial charge on any atom is 0.265 e. The molecule has 0 saturated heterocycles. The number of hydrogen-bond donors (Lipinski definition) is 0. The van der Waals surface area contributed by atoms with Crippen molar-refractivity contribution in [3.63, 3.8) is 0 Å². The van der Waals surface area contributed by atoms with Crippen LogP contribution in [0.1, 0.15) is 10.6 Å². The third kappa shape index (κ3) is 1.92. The average Bonchev–Trinajstić information content (AvgIpc) is 2.93. The van der Waals surface area contributed by atoms with Gasteiger partial charge in [0.15, 0.2) is 12.0 Å². The number of carbonyl (C=O) groups is 1. The highest BCUT2D eigenvalue weighted by Crippen LogP contribution is 2.34. The molecule has 0 radical (unpaired) electrons. The van der Waals surface area contributed by atoms with Crippen molar-refractivity contribution in [2.24, 2.45) is 0 Å². The van der Waals surface area contributed by atoms with Crippen molar-refractivity contribution in [1.29, 1.82) is 0 Å². The standard InChI is InChI=1S/C18H10ClNO3/c19-16-14(10-21)23-18-15(16)12-8-4-5-9-13(12)17(22)20(18)11-6-2-1-3-7-11/h1-10H. The van der Waals surface area contributed by atoms with Gasteiger partial charge in [-0.1, -0.05) is 48.0 Å². The normalized spacial score (nSPS) is 11.2. The second kappa shape index (κ2) is 5.11. The van der Waals surface area contributed by atoms with E-state index in [2.05, 4.69) is 0 Å². The highest BCUT2D eigenvalue weighted by atomic mass is 35.5. The Balaban J connectivity index is 2.31. The zero-order chi connectivity index (χ0) is 16.0. The van der Waals surface area contributed by atoms with E-state index in [9.17, 15) is 9.59 Å². The van der Waals surface area contributed by atoms with E-state index in [1.807, 2.05) is 24.3 Å². The van der Waals surface area contributed by atoms with Crippen LogP contribution in [-0.4, -0.2) is 10.9 Å². The van der Waals surface area contributed by atoms with Crippen molar-refractivity contribution in [2.45, 2.75) is 0 Å². The molecule has 0 saturated carbocycles. The molecule has 0 unspecified atom stereocenters. The van der Waals surface area contributed by atoms with E-state index >= 15 is 0 Å². The van der Waals surface area contributed by atoms with Crippen molar-refractivity contribution >= 4 is 39.8 Å². The highest BCUT2D eigenvalue weighted by molar-refractivity contribution is 6.39. The molecular formula is C18H10ClNO3. The van der Waals surface area contributed by atoms with Crippen LogP contribution < -0.4 is 5.56 Å². The number of carbonyl (C=O) groups excluding carboxylic acids is 1. The molecule has 0 aliphatic heterocycles. The number of hydrogen-bond acceptors (Lipinski definition) is 3. The van der Waals surface area contributed by atoms with Gasteiger partial charge >= 0.3 is 0 Å². The van der Waals surface area contributed by atoms with Crippen LogP contribution in [-0.2, 0) is 0 Å². The minimum atomic E-state index is -0.220.